The maximum Gasteiger partial charge on any atom is 0.336 e. The van der Waals surface area contributed by atoms with Gasteiger partial charge in [0.25, 0.3) is 0 Å². The molecule has 0 spiro atoms. The number of hydrogen-bond acceptors (Lipinski definition) is 3. The molecule has 4 nitrogen and oxygen atoms in total. The fourth-order valence-corrected chi connectivity index (χ4v) is 4.23. The van der Waals surface area contributed by atoms with E-state index in [4.69, 9.17) is 4.74 Å². The van der Waals surface area contributed by atoms with E-state index < -0.39 is 5.97 Å². The molecule has 154 valence electrons. The summed E-state index contributed by atoms with van der Waals surface area (Å²) in [5.41, 5.74) is 2.76. The molecule has 0 saturated heterocycles. The van der Waals surface area contributed by atoms with Gasteiger partial charge in [0.15, 0.2) is 0 Å². The van der Waals surface area contributed by atoms with Crippen LogP contribution in [0, 0.1) is 11.8 Å². The van der Waals surface area contributed by atoms with Gasteiger partial charge in [0.05, 0.1) is 11.5 Å². The molecule has 0 atom stereocenters. The monoisotopic (exact) mass is 394 g/mol. The molecule has 0 bridgehead atoms. The van der Waals surface area contributed by atoms with Crippen LogP contribution in [0.3, 0.4) is 0 Å². The molecule has 4 heteroatoms. The Kier molecular flexibility index (Phi) is 7.08. The van der Waals surface area contributed by atoms with Gasteiger partial charge in [-0.25, -0.2) is 4.79 Å². The Balaban J connectivity index is 1.76. The number of carboxylic acid groups (broad SMARTS) is 1. The molecule has 3 rings (SSSR count). The van der Waals surface area contributed by atoms with Gasteiger partial charge in [-0.05, 0) is 72.9 Å². The third kappa shape index (κ3) is 5.26. The average Bonchev–Trinajstić information content (AvgIpc) is 2.74. The van der Waals surface area contributed by atoms with E-state index in [0.29, 0.717) is 11.3 Å². The van der Waals surface area contributed by atoms with Gasteiger partial charge in [0, 0.05) is 0 Å². The zero-order valence-electron chi connectivity index (χ0n) is 17.3. The molecule has 0 radical (unpaired) electrons. The van der Waals surface area contributed by atoms with E-state index >= 15 is 0 Å². The van der Waals surface area contributed by atoms with Gasteiger partial charge in [0.2, 0.25) is 0 Å². The molecular formula is C25H30O4. The van der Waals surface area contributed by atoms with Crippen LogP contribution in [-0.2, 0) is 11.2 Å². The van der Waals surface area contributed by atoms with Crippen LogP contribution in [0.4, 0.5) is 0 Å². The maximum atomic E-state index is 12.6. The lowest BCUT2D eigenvalue weighted by Gasteiger charge is -2.26. The Bertz CT molecular complexity index is 846. The second-order valence-corrected chi connectivity index (χ2v) is 7.99. The van der Waals surface area contributed by atoms with Gasteiger partial charge < -0.3 is 9.84 Å². The summed E-state index contributed by atoms with van der Waals surface area (Å²) in [5, 5.41) is 9.57. The first-order valence-electron chi connectivity index (χ1n) is 10.7. The molecule has 0 unspecified atom stereocenters. The zero-order valence-corrected chi connectivity index (χ0v) is 17.3. The fraction of sp³-hybridized carbons (Fsp3) is 0.440. The van der Waals surface area contributed by atoms with Gasteiger partial charge in [-0.15, -0.1) is 0 Å². The standard InChI is InChI=1S/C25H30O4/c1-3-5-18-8-12-20(13-9-18)25(28)29-21-14-15-22(24(26)27)23(16-21)19-10-6-17(4-2)7-11-19/h6-7,10-11,14-16,18,20H,3-5,8-9,12-13H2,1-2H3,(H,26,27)/t18-,20-. The van der Waals surface area contributed by atoms with Crippen molar-refractivity contribution in [1.29, 1.82) is 0 Å². The van der Waals surface area contributed by atoms with Crippen molar-refractivity contribution in [1.82, 2.24) is 0 Å². The lowest BCUT2D eigenvalue weighted by atomic mass is 9.80. The molecule has 2 aromatic carbocycles. The summed E-state index contributed by atoms with van der Waals surface area (Å²) in [6, 6.07) is 12.6. The van der Waals surface area contributed by atoms with Crippen molar-refractivity contribution in [3.8, 4) is 16.9 Å². The summed E-state index contributed by atoms with van der Waals surface area (Å²) in [6.07, 6.45) is 7.27. The molecule has 1 N–H and O–H groups in total. The van der Waals surface area contributed by atoms with Crippen LogP contribution in [0.2, 0.25) is 0 Å². The first-order chi connectivity index (χ1) is 14.0. The van der Waals surface area contributed by atoms with Crippen LogP contribution in [0.5, 0.6) is 5.75 Å². The van der Waals surface area contributed by atoms with E-state index in [9.17, 15) is 14.7 Å². The van der Waals surface area contributed by atoms with Gasteiger partial charge in [-0.1, -0.05) is 51.0 Å². The molecular weight excluding hydrogens is 364 g/mol. The van der Waals surface area contributed by atoms with Crippen molar-refractivity contribution in [2.24, 2.45) is 11.8 Å². The molecule has 1 aliphatic rings. The Hall–Kier alpha value is -2.62. The highest BCUT2D eigenvalue weighted by atomic mass is 16.5. The summed E-state index contributed by atoms with van der Waals surface area (Å²) in [6.45, 7) is 4.28. The lowest BCUT2D eigenvalue weighted by molar-refractivity contribution is -0.140. The highest BCUT2D eigenvalue weighted by molar-refractivity contribution is 5.96. The second kappa shape index (κ2) is 9.73. The molecule has 1 aliphatic carbocycles. The van der Waals surface area contributed by atoms with Crippen molar-refractivity contribution in [2.75, 3.05) is 0 Å². The summed E-state index contributed by atoms with van der Waals surface area (Å²) in [4.78, 5) is 24.3. The van der Waals surface area contributed by atoms with E-state index in [0.717, 1.165) is 43.6 Å². The highest BCUT2D eigenvalue weighted by Gasteiger charge is 2.27. The predicted octanol–water partition coefficient (Wildman–Crippen LogP) is 6.13. The zero-order chi connectivity index (χ0) is 20.8. The van der Waals surface area contributed by atoms with Crippen molar-refractivity contribution >= 4 is 11.9 Å². The van der Waals surface area contributed by atoms with E-state index in [2.05, 4.69) is 13.8 Å². The quantitative estimate of drug-likeness (QED) is 0.453. The fourth-order valence-electron chi connectivity index (χ4n) is 4.23. The molecule has 2 aromatic rings. The number of carboxylic acids is 1. The minimum Gasteiger partial charge on any atom is -0.478 e. The van der Waals surface area contributed by atoms with Gasteiger partial charge in [-0.3, -0.25) is 4.79 Å². The minimum absolute atomic E-state index is 0.0606. The van der Waals surface area contributed by atoms with Gasteiger partial charge >= 0.3 is 11.9 Å². The van der Waals surface area contributed by atoms with E-state index in [1.54, 1.807) is 12.1 Å². The Labute approximate surface area is 172 Å². The summed E-state index contributed by atoms with van der Waals surface area (Å²) in [7, 11) is 0. The molecule has 1 fully saturated rings. The van der Waals surface area contributed by atoms with Crippen molar-refractivity contribution in [2.45, 2.75) is 58.8 Å². The second-order valence-electron chi connectivity index (χ2n) is 7.99. The minimum atomic E-state index is -0.994. The SMILES string of the molecule is CCC[C@H]1CC[C@H](C(=O)Oc2ccc(C(=O)O)c(-c3ccc(CC)cc3)c2)CC1. The largest absolute Gasteiger partial charge is 0.478 e. The van der Waals surface area contributed by atoms with Crippen LogP contribution in [0.1, 0.15) is 68.3 Å². The number of rotatable bonds is 7. The summed E-state index contributed by atoms with van der Waals surface area (Å²) in [5.74, 6) is -0.113. The Morgan fingerprint density at radius 1 is 1.00 bits per heavy atom. The smallest absolute Gasteiger partial charge is 0.336 e. The van der Waals surface area contributed by atoms with Crippen LogP contribution in [0.25, 0.3) is 11.1 Å². The number of aryl methyl sites for hydroxylation is 1. The average molecular weight is 395 g/mol. The molecule has 0 heterocycles. The molecule has 1 saturated carbocycles. The lowest BCUT2D eigenvalue weighted by Crippen LogP contribution is -2.25. The maximum absolute atomic E-state index is 12.6. The van der Waals surface area contributed by atoms with Gasteiger partial charge in [0.1, 0.15) is 5.75 Å². The van der Waals surface area contributed by atoms with Crippen molar-refractivity contribution < 1.29 is 19.4 Å². The molecule has 0 aromatic heterocycles. The summed E-state index contributed by atoms with van der Waals surface area (Å²) >= 11 is 0. The van der Waals surface area contributed by atoms with Crippen molar-refractivity contribution in [3.05, 3.63) is 53.6 Å². The third-order valence-corrected chi connectivity index (χ3v) is 5.99. The number of esters is 1. The number of hydrogen-bond donors (Lipinski definition) is 1. The first-order valence-corrected chi connectivity index (χ1v) is 10.7. The van der Waals surface area contributed by atoms with E-state index in [1.807, 2.05) is 24.3 Å². The normalized spacial score (nSPS) is 19.0. The number of carbonyl (C=O) groups excluding carboxylic acids is 1. The van der Waals surface area contributed by atoms with Crippen molar-refractivity contribution in [3.63, 3.8) is 0 Å². The number of ether oxygens (including phenoxy) is 1. The first kappa shape index (κ1) is 21.1. The summed E-state index contributed by atoms with van der Waals surface area (Å²) < 4.78 is 5.66. The van der Waals surface area contributed by atoms with Crippen LogP contribution >= 0.6 is 0 Å². The van der Waals surface area contributed by atoms with E-state index in [1.165, 1.54) is 24.5 Å². The molecule has 0 aliphatic heterocycles. The Morgan fingerprint density at radius 3 is 2.28 bits per heavy atom. The highest BCUT2D eigenvalue weighted by Crippen LogP contribution is 2.33. The van der Waals surface area contributed by atoms with E-state index in [-0.39, 0.29) is 17.5 Å². The topological polar surface area (TPSA) is 63.6 Å². The number of carbonyl (C=O) groups is 2. The van der Waals surface area contributed by atoms with Crippen LogP contribution < -0.4 is 4.74 Å². The number of aromatic carboxylic acids is 1. The van der Waals surface area contributed by atoms with Crippen LogP contribution in [-0.4, -0.2) is 17.0 Å². The van der Waals surface area contributed by atoms with Crippen LogP contribution in [0.15, 0.2) is 42.5 Å². The Morgan fingerprint density at radius 2 is 1.69 bits per heavy atom. The third-order valence-electron chi connectivity index (χ3n) is 5.99. The molecule has 29 heavy (non-hydrogen) atoms. The molecule has 0 amide bonds. The number of benzene rings is 2. The van der Waals surface area contributed by atoms with Gasteiger partial charge in [-0.2, -0.15) is 0 Å². The predicted molar refractivity (Wildman–Crippen MR) is 114 cm³/mol.